The van der Waals surface area contributed by atoms with Crippen LogP contribution in [0.15, 0.2) is 0 Å². The molecule has 1 unspecified atom stereocenters. The van der Waals surface area contributed by atoms with E-state index in [9.17, 15) is 5.21 Å². The summed E-state index contributed by atoms with van der Waals surface area (Å²) in [5.41, 5.74) is 0.0191. The second-order valence-corrected chi connectivity index (χ2v) is 6.81. The fourth-order valence-electron chi connectivity index (χ4n) is 1.04. The summed E-state index contributed by atoms with van der Waals surface area (Å²) in [5.74, 6) is 0. The molecule has 5 heteroatoms. The molecule has 0 aliphatic heterocycles. The van der Waals surface area contributed by atoms with Crippen LogP contribution in [0.3, 0.4) is 0 Å². The van der Waals surface area contributed by atoms with E-state index in [1.807, 2.05) is 0 Å². The molecule has 0 aromatic carbocycles. The van der Waals surface area contributed by atoms with Crippen molar-refractivity contribution in [2.45, 2.75) is 38.7 Å². The van der Waals surface area contributed by atoms with Crippen molar-refractivity contribution in [2.75, 3.05) is 13.6 Å². The predicted molar refractivity (Wildman–Crippen MR) is 58.2 cm³/mol. The predicted octanol–water partition coefficient (Wildman–Crippen LogP) is -1.68. The first kappa shape index (κ1) is 14.3. The number of hydroxylamine groups is 2. The van der Waals surface area contributed by atoms with Gasteiger partial charge in [-0.3, -0.25) is 0 Å². The summed E-state index contributed by atoms with van der Waals surface area (Å²) in [6, 6.07) is 0. The normalized spacial score (nSPS) is 14.8. The van der Waals surface area contributed by atoms with E-state index in [2.05, 4.69) is 32.5 Å². The number of halogens is 2. The molecule has 13 heavy (non-hydrogen) atoms. The van der Waals surface area contributed by atoms with Gasteiger partial charge in [-0.15, -0.1) is 0 Å². The number of nitrogens with one attached hydrogen (secondary N) is 1. The first-order valence-corrected chi connectivity index (χ1v) is 11.6. The zero-order chi connectivity index (χ0) is 10.3. The molecule has 0 rings (SSSR count). The Hall–Kier alpha value is 1.34. The van der Waals surface area contributed by atoms with E-state index in [4.69, 9.17) is 3.07 Å². The Labute approximate surface area is 101 Å². The van der Waals surface area contributed by atoms with E-state index in [0.29, 0.717) is 5.06 Å². The van der Waals surface area contributed by atoms with E-state index < -0.39 is 0 Å². The van der Waals surface area contributed by atoms with E-state index in [1.54, 1.807) is 7.05 Å². The SMILES string of the molecule is C[NH+]([O-])CCCCC(C)(C)O[I-]I. The van der Waals surface area contributed by atoms with Gasteiger partial charge in [-0.05, 0) is 0 Å². The molecule has 0 heterocycles. The molecule has 0 aliphatic rings. The second kappa shape index (κ2) is 7.61. The van der Waals surface area contributed by atoms with Crippen LogP contribution in [0.25, 0.3) is 0 Å². The molecule has 0 aromatic rings. The Bertz CT molecular complexity index is 131. The molecule has 0 spiro atoms. The van der Waals surface area contributed by atoms with E-state index in [1.165, 1.54) is 0 Å². The maximum atomic E-state index is 10.7. The Morgan fingerprint density at radius 3 is 2.54 bits per heavy atom. The van der Waals surface area contributed by atoms with Crippen molar-refractivity contribution in [3.63, 3.8) is 0 Å². The van der Waals surface area contributed by atoms with Gasteiger partial charge in [0, 0.05) is 0 Å². The second-order valence-electron chi connectivity index (χ2n) is 3.80. The summed E-state index contributed by atoms with van der Waals surface area (Å²) < 4.78 is 5.65. The number of hydrogen-bond donors (Lipinski definition) is 1. The molecule has 3 nitrogen and oxygen atoms in total. The fourth-order valence-corrected chi connectivity index (χ4v) is 4.74. The average molecular weight is 414 g/mol. The quantitative estimate of drug-likeness (QED) is 0.307. The summed E-state index contributed by atoms with van der Waals surface area (Å²) in [6.45, 7) is 4.97. The molecule has 0 bridgehead atoms. The van der Waals surface area contributed by atoms with Gasteiger partial charge in [0.1, 0.15) is 0 Å². The van der Waals surface area contributed by atoms with Crippen molar-refractivity contribution in [2.24, 2.45) is 0 Å². The van der Waals surface area contributed by atoms with Crippen LogP contribution in [0.5, 0.6) is 0 Å². The monoisotopic (exact) mass is 414 g/mol. The molecule has 0 saturated heterocycles. The average Bonchev–Trinajstić information content (AvgIpc) is 1.98. The number of unbranched alkanes of at least 4 members (excludes halogenated alkanes) is 1. The molecule has 0 radical (unpaired) electrons. The first-order valence-electron chi connectivity index (χ1n) is 4.41. The third kappa shape index (κ3) is 9.64. The topological polar surface area (TPSA) is 36.7 Å². The van der Waals surface area contributed by atoms with Crippen molar-refractivity contribution in [3.8, 4) is 0 Å². The number of rotatable bonds is 7. The van der Waals surface area contributed by atoms with Crippen LogP contribution >= 0.6 is 18.6 Å². The standard InChI is InChI=1S/C8H18I2NO2/c1-8(2,13-10-9)6-4-5-7-11(3)12/h11H,4-7H2,1-3H3/q-1. The van der Waals surface area contributed by atoms with E-state index >= 15 is 0 Å². The van der Waals surface area contributed by atoms with Crippen LogP contribution in [0, 0.1) is 5.21 Å². The van der Waals surface area contributed by atoms with Gasteiger partial charge in [0.15, 0.2) is 0 Å². The van der Waals surface area contributed by atoms with Crippen LogP contribution < -0.4 is 22.7 Å². The Balaban J connectivity index is 3.40. The third-order valence-electron chi connectivity index (χ3n) is 1.80. The molecule has 1 atom stereocenters. The van der Waals surface area contributed by atoms with Gasteiger partial charge in [0.05, 0.1) is 0 Å². The summed E-state index contributed by atoms with van der Waals surface area (Å²) in [6.07, 6.45) is 3.15. The molecule has 0 amide bonds. The van der Waals surface area contributed by atoms with Crippen molar-refractivity contribution in [1.29, 1.82) is 0 Å². The molecule has 0 saturated carbocycles. The van der Waals surface area contributed by atoms with Crippen molar-refractivity contribution >= 4 is 18.6 Å². The van der Waals surface area contributed by atoms with Crippen molar-refractivity contribution in [1.82, 2.24) is 0 Å². The zero-order valence-corrected chi connectivity index (χ0v) is 12.7. The van der Waals surface area contributed by atoms with Crippen LogP contribution in [0.2, 0.25) is 0 Å². The Morgan fingerprint density at radius 1 is 1.46 bits per heavy atom. The molecule has 0 fully saturated rings. The molecular weight excluding hydrogens is 396 g/mol. The zero-order valence-electron chi connectivity index (χ0n) is 8.40. The van der Waals surface area contributed by atoms with E-state index in [0.717, 1.165) is 25.8 Å². The molecular formula is C8H18I2NO2-. The number of hydrogen-bond acceptors (Lipinski definition) is 2. The summed E-state index contributed by atoms with van der Waals surface area (Å²) in [4.78, 5) is 0. The first-order chi connectivity index (χ1) is 5.98. The summed E-state index contributed by atoms with van der Waals surface area (Å²) >= 11 is 2.20. The van der Waals surface area contributed by atoms with Crippen LogP contribution in [0.4, 0.5) is 0 Å². The summed E-state index contributed by atoms with van der Waals surface area (Å²) in [7, 11) is 1.65. The van der Waals surface area contributed by atoms with Gasteiger partial charge in [-0.25, -0.2) is 0 Å². The van der Waals surface area contributed by atoms with Crippen LogP contribution in [-0.2, 0) is 3.07 Å². The number of quaternary nitrogens is 1. The molecule has 0 aromatic heterocycles. The van der Waals surface area contributed by atoms with Gasteiger partial charge in [0.2, 0.25) is 0 Å². The maximum absolute atomic E-state index is 10.7. The van der Waals surface area contributed by atoms with Gasteiger partial charge in [-0.2, -0.15) is 0 Å². The van der Waals surface area contributed by atoms with Crippen LogP contribution in [-0.4, -0.2) is 19.2 Å². The van der Waals surface area contributed by atoms with Crippen LogP contribution in [0.1, 0.15) is 33.1 Å². The Kier molecular flexibility index (Phi) is 8.39. The Morgan fingerprint density at radius 2 is 2.08 bits per heavy atom. The van der Waals surface area contributed by atoms with Gasteiger partial charge < -0.3 is 0 Å². The molecule has 0 aliphatic carbocycles. The van der Waals surface area contributed by atoms with Crippen molar-refractivity contribution in [3.05, 3.63) is 5.21 Å². The van der Waals surface area contributed by atoms with Crippen molar-refractivity contribution < 1.29 is 25.8 Å². The van der Waals surface area contributed by atoms with Gasteiger partial charge >= 0.3 is 102 Å². The molecule has 1 N–H and O–H groups in total. The minimum absolute atomic E-state index is 0.0191. The van der Waals surface area contributed by atoms with Gasteiger partial charge in [0.25, 0.3) is 0 Å². The van der Waals surface area contributed by atoms with E-state index in [-0.39, 0.29) is 23.2 Å². The van der Waals surface area contributed by atoms with Gasteiger partial charge in [-0.1, -0.05) is 0 Å². The minimum atomic E-state index is -0.114. The molecule has 82 valence electrons. The third-order valence-corrected chi connectivity index (χ3v) is 4.27. The summed E-state index contributed by atoms with van der Waals surface area (Å²) in [5, 5.41) is 11.0. The fraction of sp³-hybridized carbons (Fsp3) is 1.00.